The number of hydrogen-bond acceptors (Lipinski definition) is 4. The number of sulfonamides is 1. The third-order valence-electron chi connectivity index (χ3n) is 2.89. The van der Waals surface area contributed by atoms with Crippen LogP contribution in [0.3, 0.4) is 0 Å². The lowest BCUT2D eigenvalue weighted by Gasteiger charge is -2.21. The Morgan fingerprint density at radius 2 is 1.82 bits per heavy atom. The number of nitrogens with zero attached hydrogens (tertiary/aromatic N) is 1. The largest absolute Gasteiger partial charge is 0.465 e. The molecule has 0 amide bonds. The lowest BCUT2D eigenvalue weighted by atomic mass is 10.2. The summed E-state index contributed by atoms with van der Waals surface area (Å²) in [6.07, 6.45) is 0. The van der Waals surface area contributed by atoms with Gasteiger partial charge in [0.1, 0.15) is 16.4 Å². The zero-order valence-electron chi connectivity index (χ0n) is 10.9. The van der Waals surface area contributed by atoms with E-state index in [0.717, 1.165) is 0 Å². The summed E-state index contributed by atoms with van der Waals surface area (Å²) in [5, 5.41) is 0. The molecule has 0 aliphatic carbocycles. The number of nitrogens with two attached hydrogens (primary N) is 1. The molecule has 6 heteroatoms. The van der Waals surface area contributed by atoms with E-state index in [1.54, 1.807) is 20.9 Å². The van der Waals surface area contributed by atoms with E-state index in [4.69, 9.17) is 10.2 Å². The van der Waals surface area contributed by atoms with E-state index >= 15 is 0 Å². The van der Waals surface area contributed by atoms with Gasteiger partial charge in [-0.3, -0.25) is 0 Å². The van der Waals surface area contributed by atoms with Crippen LogP contribution in [0.25, 0.3) is 0 Å². The van der Waals surface area contributed by atoms with Crippen molar-refractivity contribution >= 4 is 10.0 Å². The molecule has 0 saturated carbocycles. The topological polar surface area (TPSA) is 76.5 Å². The highest BCUT2D eigenvalue weighted by Gasteiger charge is 2.30. The van der Waals surface area contributed by atoms with Gasteiger partial charge in [0.25, 0.3) is 0 Å². The van der Waals surface area contributed by atoms with Gasteiger partial charge in [-0.2, -0.15) is 4.31 Å². The second-order valence-corrected chi connectivity index (χ2v) is 6.28. The van der Waals surface area contributed by atoms with Gasteiger partial charge in [0.05, 0.1) is 0 Å². The molecule has 5 nitrogen and oxygen atoms in total. The first-order valence-corrected chi connectivity index (χ1v) is 6.94. The van der Waals surface area contributed by atoms with Crippen LogP contribution in [0.1, 0.15) is 30.9 Å². The fourth-order valence-electron chi connectivity index (χ4n) is 1.71. The molecule has 0 aliphatic heterocycles. The van der Waals surface area contributed by atoms with Crippen molar-refractivity contribution in [3.05, 3.63) is 17.1 Å². The van der Waals surface area contributed by atoms with Gasteiger partial charge < -0.3 is 10.2 Å². The molecule has 1 aromatic rings. The smallest absolute Gasteiger partial charge is 0.246 e. The van der Waals surface area contributed by atoms with E-state index in [9.17, 15) is 8.42 Å². The Kier molecular flexibility index (Phi) is 4.01. The SMILES string of the molecule is Cc1oc(C)c(S(=O)(=O)N(C)C(C)C)c1CN. The maximum atomic E-state index is 12.4. The van der Waals surface area contributed by atoms with Crippen molar-refractivity contribution in [2.75, 3.05) is 7.05 Å². The van der Waals surface area contributed by atoms with Crippen LogP contribution < -0.4 is 5.73 Å². The molecule has 0 bridgehead atoms. The monoisotopic (exact) mass is 260 g/mol. The Morgan fingerprint density at radius 1 is 1.29 bits per heavy atom. The highest BCUT2D eigenvalue weighted by Crippen LogP contribution is 2.29. The number of aryl methyl sites for hydroxylation is 2. The van der Waals surface area contributed by atoms with Gasteiger partial charge in [-0.1, -0.05) is 0 Å². The minimum atomic E-state index is -3.53. The zero-order valence-corrected chi connectivity index (χ0v) is 11.8. The first-order chi connectivity index (χ1) is 7.73. The summed E-state index contributed by atoms with van der Waals surface area (Å²) < 4.78 is 31.5. The standard InChI is InChI=1S/C11H20N2O3S/c1-7(2)13(5)17(14,15)11-9(4)16-8(3)10(11)6-12/h7H,6,12H2,1-5H3. The lowest BCUT2D eigenvalue weighted by Crippen LogP contribution is -2.33. The summed E-state index contributed by atoms with van der Waals surface area (Å²) in [6, 6.07) is -0.111. The summed E-state index contributed by atoms with van der Waals surface area (Å²) >= 11 is 0. The summed E-state index contributed by atoms with van der Waals surface area (Å²) in [7, 11) is -1.97. The molecule has 98 valence electrons. The van der Waals surface area contributed by atoms with Crippen molar-refractivity contribution in [2.24, 2.45) is 5.73 Å². The molecule has 0 unspecified atom stereocenters. The Morgan fingerprint density at radius 3 is 2.24 bits per heavy atom. The van der Waals surface area contributed by atoms with Gasteiger partial charge in [-0.15, -0.1) is 0 Å². The molecule has 2 N–H and O–H groups in total. The molecule has 17 heavy (non-hydrogen) atoms. The molecule has 0 spiro atoms. The van der Waals surface area contributed by atoms with E-state index < -0.39 is 10.0 Å². The van der Waals surface area contributed by atoms with Gasteiger partial charge in [-0.25, -0.2) is 8.42 Å². The average molecular weight is 260 g/mol. The van der Waals surface area contributed by atoms with Gasteiger partial charge in [0, 0.05) is 25.2 Å². The molecular formula is C11H20N2O3S. The van der Waals surface area contributed by atoms with Crippen LogP contribution in [-0.2, 0) is 16.6 Å². The number of hydrogen-bond donors (Lipinski definition) is 1. The van der Waals surface area contributed by atoms with Crippen LogP contribution in [0.15, 0.2) is 9.31 Å². The first kappa shape index (κ1) is 14.2. The van der Waals surface area contributed by atoms with Crippen molar-refractivity contribution in [1.29, 1.82) is 0 Å². The van der Waals surface area contributed by atoms with E-state index in [-0.39, 0.29) is 17.5 Å². The van der Waals surface area contributed by atoms with Crippen LogP contribution in [-0.4, -0.2) is 25.8 Å². The second kappa shape index (κ2) is 4.80. The fraction of sp³-hybridized carbons (Fsp3) is 0.636. The number of rotatable bonds is 4. The lowest BCUT2D eigenvalue weighted by molar-refractivity contribution is 0.408. The molecule has 0 saturated heterocycles. The third kappa shape index (κ3) is 2.38. The van der Waals surface area contributed by atoms with Gasteiger partial charge in [0.15, 0.2) is 0 Å². The minimum absolute atomic E-state index is 0.111. The van der Waals surface area contributed by atoms with Gasteiger partial charge >= 0.3 is 0 Å². The maximum absolute atomic E-state index is 12.4. The Bertz CT molecular complexity index is 503. The Labute approximate surface area is 103 Å². The van der Waals surface area contributed by atoms with E-state index in [1.807, 2.05) is 13.8 Å². The highest BCUT2D eigenvalue weighted by atomic mass is 32.2. The van der Waals surface area contributed by atoms with Crippen LogP contribution >= 0.6 is 0 Å². The molecule has 0 aliphatic rings. The summed E-state index contributed by atoms with van der Waals surface area (Å²) in [5.74, 6) is 0.969. The Balaban J connectivity index is 3.43. The van der Waals surface area contributed by atoms with Crippen molar-refractivity contribution in [3.8, 4) is 0 Å². The third-order valence-corrected chi connectivity index (χ3v) is 5.12. The number of furan rings is 1. The minimum Gasteiger partial charge on any atom is -0.465 e. The van der Waals surface area contributed by atoms with Crippen LogP contribution in [0.5, 0.6) is 0 Å². The molecule has 1 rings (SSSR count). The van der Waals surface area contributed by atoms with Crippen LogP contribution in [0, 0.1) is 13.8 Å². The van der Waals surface area contributed by atoms with Crippen molar-refractivity contribution in [1.82, 2.24) is 4.31 Å². The predicted molar refractivity (Wildman–Crippen MR) is 66.2 cm³/mol. The van der Waals surface area contributed by atoms with Crippen molar-refractivity contribution in [3.63, 3.8) is 0 Å². The molecule has 1 heterocycles. The normalized spacial score (nSPS) is 12.7. The van der Waals surface area contributed by atoms with Crippen LogP contribution in [0.2, 0.25) is 0 Å². The van der Waals surface area contributed by atoms with E-state index in [1.165, 1.54) is 4.31 Å². The Hall–Kier alpha value is -0.850. The molecule has 0 fully saturated rings. The summed E-state index contributed by atoms with van der Waals surface area (Å²) in [4.78, 5) is 0.216. The van der Waals surface area contributed by atoms with Gasteiger partial charge in [0.2, 0.25) is 10.0 Å². The first-order valence-electron chi connectivity index (χ1n) is 5.50. The quantitative estimate of drug-likeness (QED) is 0.887. The zero-order chi connectivity index (χ0) is 13.4. The van der Waals surface area contributed by atoms with E-state index in [0.29, 0.717) is 17.1 Å². The molecular weight excluding hydrogens is 240 g/mol. The van der Waals surface area contributed by atoms with Crippen molar-refractivity contribution < 1.29 is 12.8 Å². The highest BCUT2D eigenvalue weighted by molar-refractivity contribution is 7.89. The fourth-order valence-corrected chi connectivity index (χ4v) is 3.49. The molecule has 0 atom stereocenters. The summed E-state index contributed by atoms with van der Waals surface area (Å²) in [6.45, 7) is 7.17. The molecule has 1 aromatic heterocycles. The molecule has 0 radical (unpaired) electrons. The van der Waals surface area contributed by atoms with Crippen LogP contribution in [0.4, 0.5) is 0 Å². The average Bonchev–Trinajstić information content (AvgIpc) is 2.51. The maximum Gasteiger partial charge on any atom is 0.246 e. The predicted octanol–water partition coefficient (Wildman–Crippen LogP) is 1.38. The van der Waals surface area contributed by atoms with Gasteiger partial charge in [-0.05, 0) is 27.7 Å². The second-order valence-electron chi connectivity index (χ2n) is 4.34. The summed E-state index contributed by atoms with van der Waals surface area (Å²) in [5.41, 5.74) is 6.16. The molecule has 0 aromatic carbocycles. The van der Waals surface area contributed by atoms with E-state index in [2.05, 4.69) is 0 Å². The van der Waals surface area contributed by atoms with Crippen molar-refractivity contribution in [2.45, 2.75) is 45.2 Å².